The van der Waals surface area contributed by atoms with Crippen molar-refractivity contribution in [2.75, 3.05) is 13.2 Å². The summed E-state index contributed by atoms with van der Waals surface area (Å²) in [7, 11) is 0. The zero-order chi connectivity index (χ0) is 9.36. The van der Waals surface area contributed by atoms with E-state index < -0.39 is 0 Å². The Hall–Kier alpha value is -0.450. The van der Waals surface area contributed by atoms with Gasteiger partial charge < -0.3 is 10.4 Å². The van der Waals surface area contributed by atoms with Crippen LogP contribution in [0.15, 0.2) is 11.7 Å². The summed E-state index contributed by atoms with van der Waals surface area (Å²) >= 11 is 1.68. The Morgan fingerprint density at radius 2 is 2.31 bits per heavy atom. The van der Waals surface area contributed by atoms with E-state index in [1.165, 1.54) is 4.88 Å². The van der Waals surface area contributed by atoms with Gasteiger partial charge in [-0.1, -0.05) is 0 Å². The van der Waals surface area contributed by atoms with Gasteiger partial charge in [-0.05, 0) is 25.8 Å². The third-order valence-corrected chi connectivity index (χ3v) is 2.57. The van der Waals surface area contributed by atoms with Crippen molar-refractivity contribution in [3.8, 4) is 0 Å². The molecule has 1 aromatic heterocycles. The third-order valence-electron chi connectivity index (χ3n) is 1.79. The highest BCUT2D eigenvalue weighted by Gasteiger charge is 1.93. The molecule has 0 unspecified atom stereocenters. The molecule has 1 rings (SSSR count). The van der Waals surface area contributed by atoms with Gasteiger partial charge in [0.25, 0.3) is 0 Å². The molecule has 0 bridgehead atoms. The molecule has 0 aliphatic rings. The fourth-order valence-corrected chi connectivity index (χ4v) is 1.64. The van der Waals surface area contributed by atoms with E-state index in [9.17, 15) is 0 Å². The fourth-order valence-electron chi connectivity index (χ4n) is 1.08. The second-order valence-corrected chi connectivity index (χ2v) is 3.90. The molecular weight excluding hydrogens is 184 g/mol. The monoisotopic (exact) mass is 200 g/mol. The Labute approximate surface area is 82.8 Å². The average Bonchev–Trinajstić information content (AvgIpc) is 2.63. The number of nitrogens with one attached hydrogen (secondary N) is 1. The number of hydrogen-bond acceptors (Lipinski definition) is 4. The average molecular weight is 200 g/mol. The molecule has 0 saturated carbocycles. The first-order valence-electron chi connectivity index (χ1n) is 4.62. The second-order valence-electron chi connectivity index (χ2n) is 2.93. The lowest BCUT2D eigenvalue weighted by Gasteiger charge is -2.01. The number of aromatic nitrogens is 1. The topological polar surface area (TPSA) is 45.1 Å². The Morgan fingerprint density at radius 1 is 1.38 bits per heavy atom. The largest absolute Gasteiger partial charge is 0.396 e. The SMILES string of the molecule is OCCCCCNCc1cncs1. The lowest BCUT2D eigenvalue weighted by Crippen LogP contribution is -2.13. The van der Waals surface area contributed by atoms with Crippen molar-refractivity contribution in [1.29, 1.82) is 0 Å². The summed E-state index contributed by atoms with van der Waals surface area (Å²) in [5.41, 5.74) is 1.85. The first-order valence-corrected chi connectivity index (χ1v) is 5.50. The molecule has 0 aliphatic heterocycles. The van der Waals surface area contributed by atoms with Crippen molar-refractivity contribution >= 4 is 11.3 Å². The molecule has 1 aromatic rings. The third kappa shape index (κ3) is 4.98. The predicted molar refractivity (Wildman–Crippen MR) is 54.8 cm³/mol. The predicted octanol–water partition coefficient (Wildman–Crippen LogP) is 1.40. The van der Waals surface area contributed by atoms with Crippen molar-refractivity contribution in [1.82, 2.24) is 10.3 Å². The Bertz CT molecular complexity index is 201. The molecule has 2 N–H and O–H groups in total. The molecule has 0 aliphatic carbocycles. The van der Waals surface area contributed by atoms with Gasteiger partial charge in [-0.15, -0.1) is 11.3 Å². The van der Waals surface area contributed by atoms with Crippen LogP contribution in [0.2, 0.25) is 0 Å². The zero-order valence-electron chi connectivity index (χ0n) is 7.70. The highest BCUT2D eigenvalue weighted by molar-refractivity contribution is 7.09. The van der Waals surface area contributed by atoms with Crippen molar-refractivity contribution in [2.45, 2.75) is 25.8 Å². The summed E-state index contributed by atoms with van der Waals surface area (Å²) in [6.07, 6.45) is 5.05. The van der Waals surface area contributed by atoms with Gasteiger partial charge in [-0.25, -0.2) is 0 Å². The summed E-state index contributed by atoms with van der Waals surface area (Å²) in [4.78, 5) is 5.28. The molecule has 74 valence electrons. The highest BCUT2D eigenvalue weighted by atomic mass is 32.1. The van der Waals surface area contributed by atoms with E-state index in [4.69, 9.17) is 5.11 Å². The lowest BCUT2D eigenvalue weighted by atomic mass is 10.2. The molecule has 0 amide bonds. The Morgan fingerprint density at radius 3 is 3.00 bits per heavy atom. The summed E-state index contributed by atoms with van der Waals surface area (Å²) < 4.78 is 0. The van der Waals surface area contributed by atoms with Crippen molar-refractivity contribution in [2.24, 2.45) is 0 Å². The van der Waals surface area contributed by atoms with Gasteiger partial charge in [0, 0.05) is 24.2 Å². The van der Waals surface area contributed by atoms with Gasteiger partial charge in [0.05, 0.1) is 5.51 Å². The van der Waals surface area contributed by atoms with Crippen LogP contribution < -0.4 is 5.32 Å². The number of thiazole rings is 1. The van der Waals surface area contributed by atoms with Crippen LogP contribution in [0.1, 0.15) is 24.1 Å². The molecule has 0 spiro atoms. The van der Waals surface area contributed by atoms with Crippen LogP contribution in [0.5, 0.6) is 0 Å². The van der Waals surface area contributed by atoms with E-state index in [0.29, 0.717) is 6.61 Å². The van der Waals surface area contributed by atoms with E-state index in [2.05, 4.69) is 10.3 Å². The molecular formula is C9H16N2OS. The summed E-state index contributed by atoms with van der Waals surface area (Å²) in [6, 6.07) is 0. The summed E-state index contributed by atoms with van der Waals surface area (Å²) in [6.45, 7) is 2.26. The van der Waals surface area contributed by atoms with E-state index in [1.54, 1.807) is 11.3 Å². The van der Waals surface area contributed by atoms with Crippen molar-refractivity contribution < 1.29 is 5.11 Å². The maximum atomic E-state index is 8.55. The van der Waals surface area contributed by atoms with Gasteiger partial charge >= 0.3 is 0 Å². The number of rotatable bonds is 7. The smallest absolute Gasteiger partial charge is 0.0794 e. The summed E-state index contributed by atoms with van der Waals surface area (Å²) in [5, 5.41) is 11.9. The van der Waals surface area contributed by atoms with Gasteiger partial charge in [-0.2, -0.15) is 0 Å². The van der Waals surface area contributed by atoms with Gasteiger partial charge in [-0.3, -0.25) is 4.98 Å². The second kappa shape index (κ2) is 7.00. The molecule has 0 radical (unpaired) electrons. The molecule has 3 nitrogen and oxygen atoms in total. The molecule has 0 saturated heterocycles. The molecule has 13 heavy (non-hydrogen) atoms. The first kappa shape index (κ1) is 10.6. The number of nitrogens with zero attached hydrogens (tertiary/aromatic N) is 1. The van der Waals surface area contributed by atoms with Crippen LogP contribution in [0, 0.1) is 0 Å². The van der Waals surface area contributed by atoms with Crippen molar-refractivity contribution in [3.63, 3.8) is 0 Å². The molecule has 1 heterocycles. The Balaban J connectivity index is 1.90. The molecule has 4 heteroatoms. The fraction of sp³-hybridized carbons (Fsp3) is 0.667. The molecule has 0 fully saturated rings. The van der Waals surface area contributed by atoms with Gasteiger partial charge in [0.1, 0.15) is 0 Å². The minimum Gasteiger partial charge on any atom is -0.396 e. The maximum absolute atomic E-state index is 8.55. The number of hydrogen-bond donors (Lipinski definition) is 2. The lowest BCUT2D eigenvalue weighted by molar-refractivity contribution is 0.283. The van der Waals surface area contributed by atoms with E-state index in [0.717, 1.165) is 32.4 Å². The number of unbranched alkanes of at least 4 members (excludes halogenated alkanes) is 2. The minimum absolute atomic E-state index is 0.314. The highest BCUT2D eigenvalue weighted by Crippen LogP contribution is 2.04. The summed E-state index contributed by atoms with van der Waals surface area (Å²) in [5.74, 6) is 0. The van der Waals surface area contributed by atoms with E-state index >= 15 is 0 Å². The quantitative estimate of drug-likeness (QED) is 0.654. The normalized spacial score (nSPS) is 10.5. The van der Waals surface area contributed by atoms with Gasteiger partial charge in [0.2, 0.25) is 0 Å². The first-order chi connectivity index (χ1) is 6.43. The minimum atomic E-state index is 0.314. The molecule has 0 aromatic carbocycles. The molecule has 0 atom stereocenters. The number of aliphatic hydroxyl groups is 1. The maximum Gasteiger partial charge on any atom is 0.0794 e. The van der Waals surface area contributed by atoms with Gasteiger partial charge in [0.15, 0.2) is 0 Å². The standard InChI is InChI=1S/C9H16N2OS/c12-5-3-1-2-4-10-6-9-7-11-8-13-9/h7-8,10,12H,1-6H2. The Kier molecular flexibility index (Phi) is 5.73. The van der Waals surface area contributed by atoms with E-state index in [1.807, 2.05) is 11.7 Å². The van der Waals surface area contributed by atoms with E-state index in [-0.39, 0.29) is 0 Å². The zero-order valence-corrected chi connectivity index (χ0v) is 8.52. The van der Waals surface area contributed by atoms with Crippen LogP contribution in [0.3, 0.4) is 0 Å². The van der Waals surface area contributed by atoms with Crippen molar-refractivity contribution in [3.05, 3.63) is 16.6 Å². The van der Waals surface area contributed by atoms with Crippen LogP contribution in [-0.4, -0.2) is 23.2 Å². The van der Waals surface area contributed by atoms with Crippen LogP contribution in [0.25, 0.3) is 0 Å². The number of aliphatic hydroxyl groups excluding tert-OH is 1. The van der Waals surface area contributed by atoms with Crippen LogP contribution in [-0.2, 0) is 6.54 Å². The van der Waals surface area contributed by atoms with Crippen LogP contribution >= 0.6 is 11.3 Å². The van der Waals surface area contributed by atoms with Crippen LogP contribution in [0.4, 0.5) is 0 Å².